The van der Waals surface area contributed by atoms with Gasteiger partial charge >= 0.3 is 6.36 Å². The molecule has 6 heteroatoms. The standard InChI is InChI=1S/C10H6F4O2/c1-2-9(15)7-5-6(3-4-8(7)11)16-10(12,13)14/h2-5H,1H2. The number of hydrogen-bond acceptors (Lipinski definition) is 2. The summed E-state index contributed by atoms with van der Waals surface area (Å²) < 4.78 is 52.1. The van der Waals surface area contributed by atoms with E-state index in [4.69, 9.17) is 0 Å². The third-order valence-electron chi connectivity index (χ3n) is 1.62. The Morgan fingerprint density at radius 1 is 1.38 bits per heavy atom. The molecule has 16 heavy (non-hydrogen) atoms. The lowest BCUT2D eigenvalue weighted by molar-refractivity contribution is -0.274. The van der Waals surface area contributed by atoms with Gasteiger partial charge in [-0.25, -0.2) is 4.39 Å². The number of hydrogen-bond donors (Lipinski definition) is 0. The minimum atomic E-state index is -4.88. The molecule has 0 spiro atoms. The Morgan fingerprint density at radius 3 is 2.50 bits per heavy atom. The van der Waals surface area contributed by atoms with E-state index in [-0.39, 0.29) is 0 Å². The molecule has 0 saturated heterocycles. The van der Waals surface area contributed by atoms with Gasteiger partial charge in [0.1, 0.15) is 11.6 Å². The van der Waals surface area contributed by atoms with Crippen molar-refractivity contribution in [2.24, 2.45) is 0 Å². The third kappa shape index (κ3) is 3.08. The van der Waals surface area contributed by atoms with Gasteiger partial charge < -0.3 is 4.74 Å². The van der Waals surface area contributed by atoms with Gasteiger partial charge in [0.05, 0.1) is 5.56 Å². The second kappa shape index (κ2) is 4.34. The summed E-state index contributed by atoms with van der Waals surface area (Å²) in [5.41, 5.74) is -0.517. The van der Waals surface area contributed by atoms with Gasteiger partial charge in [-0.2, -0.15) is 0 Å². The van der Waals surface area contributed by atoms with E-state index in [1.54, 1.807) is 0 Å². The second-order valence-corrected chi connectivity index (χ2v) is 2.76. The average Bonchev–Trinajstić information content (AvgIpc) is 2.18. The Morgan fingerprint density at radius 2 is 2.00 bits per heavy atom. The maximum absolute atomic E-state index is 13.0. The van der Waals surface area contributed by atoms with E-state index < -0.39 is 29.3 Å². The molecule has 0 radical (unpaired) electrons. The van der Waals surface area contributed by atoms with Crippen molar-refractivity contribution in [3.8, 4) is 5.75 Å². The zero-order valence-electron chi connectivity index (χ0n) is 7.84. The molecule has 2 nitrogen and oxygen atoms in total. The lowest BCUT2D eigenvalue weighted by Gasteiger charge is -2.09. The first kappa shape index (κ1) is 12.2. The van der Waals surface area contributed by atoms with E-state index in [2.05, 4.69) is 11.3 Å². The Kier molecular flexibility index (Phi) is 3.31. The van der Waals surface area contributed by atoms with Gasteiger partial charge in [-0.05, 0) is 24.3 Å². The van der Waals surface area contributed by atoms with Crippen LogP contribution in [0.4, 0.5) is 17.6 Å². The summed E-state index contributed by atoms with van der Waals surface area (Å²) in [7, 11) is 0. The summed E-state index contributed by atoms with van der Waals surface area (Å²) in [6.45, 7) is 3.10. The summed E-state index contributed by atoms with van der Waals surface area (Å²) in [5, 5.41) is 0. The number of halogens is 4. The van der Waals surface area contributed by atoms with Crippen LogP contribution in [-0.2, 0) is 0 Å². The Labute approximate surface area is 88.1 Å². The Hall–Kier alpha value is -1.85. The number of benzene rings is 1. The van der Waals surface area contributed by atoms with Crippen molar-refractivity contribution in [1.82, 2.24) is 0 Å². The first-order valence-electron chi connectivity index (χ1n) is 4.05. The van der Waals surface area contributed by atoms with E-state index in [9.17, 15) is 22.4 Å². The maximum atomic E-state index is 13.0. The fourth-order valence-electron chi connectivity index (χ4n) is 1.00. The highest BCUT2D eigenvalue weighted by atomic mass is 19.4. The van der Waals surface area contributed by atoms with Crippen LogP contribution in [-0.4, -0.2) is 12.1 Å². The lowest BCUT2D eigenvalue weighted by Crippen LogP contribution is -2.17. The molecular formula is C10H6F4O2. The fourth-order valence-corrected chi connectivity index (χ4v) is 1.00. The molecule has 1 aromatic carbocycles. The molecule has 1 rings (SSSR count). The van der Waals surface area contributed by atoms with Crippen molar-refractivity contribution in [3.63, 3.8) is 0 Å². The maximum Gasteiger partial charge on any atom is 0.573 e. The fraction of sp³-hybridized carbons (Fsp3) is 0.100. The summed E-state index contributed by atoms with van der Waals surface area (Å²) in [6, 6.07) is 2.17. The molecule has 0 atom stereocenters. The quantitative estimate of drug-likeness (QED) is 0.456. The SMILES string of the molecule is C=CC(=O)c1cc(OC(F)(F)F)ccc1F. The molecule has 86 valence electrons. The molecule has 0 fully saturated rings. The molecule has 0 saturated carbocycles. The highest BCUT2D eigenvalue weighted by molar-refractivity contribution is 6.04. The summed E-state index contributed by atoms with van der Waals surface area (Å²) >= 11 is 0. The molecule has 0 unspecified atom stereocenters. The predicted molar refractivity (Wildman–Crippen MR) is 47.6 cm³/mol. The van der Waals surface area contributed by atoms with Crippen molar-refractivity contribution in [1.29, 1.82) is 0 Å². The van der Waals surface area contributed by atoms with Crippen LogP contribution in [0.25, 0.3) is 0 Å². The number of ether oxygens (including phenoxy) is 1. The van der Waals surface area contributed by atoms with Crippen molar-refractivity contribution < 1.29 is 27.1 Å². The highest BCUT2D eigenvalue weighted by Gasteiger charge is 2.31. The van der Waals surface area contributed by atoms with Crippen LogP contribution < -0.4 is 4.74 Å². The smallest absolute Gasteiger partial charge is 0.406 e. The van der Waals surface area contributed by atoms with Gasteiger partial charge in [0.2, 0.25) is 0 Å². The van der Waals surface area contributed by atoms with Crippen molar-refractivity contribution in [2.75, 3.05) is 0 Å². The van der Waals surface area contributed by atoms with Gasteiger partial charge in [-0.3, -0.25) is 4.79 Å². The van der Waals surface area contributed by atoms with Crippen LogP contribution in [0.1, 0.15) is 10.4 Å². The highest BCUT2D eigenvalue weighted by Crippen LogP contribution is 2.24. The Bertz CT molecular complexity index is 423. The number of allylic oxidation sites excluding steroid dienone is 1. The number of carbonyl (C=O) groups is 1. The number of carbonyl (C=O) groups excluding carboxylic acids is 1. The topological polar surface area (TPSA) is 26.3 Å². The molecule has 1 aromatic rings. The molecule has 0 aliphatic rings. The molecule has 0 amide bonds. The average molecular weight is 234 g/mol. The number of alkyl halides is 3. The largest absolute Gasteiger partial charge is 0.573 e. The molecule has 0 heterocycles. The van der Waals surface area contributed by atoms with E-state index >= 15 is 0 Å². The predicted octanol–water partition coefficient (Wildman–Crippen LogP) is 3.09. The van der Waals surface area contributed by atoms with Crippen molar-refractivity contribution >= 4 is 5.78 Å². The van der Waals surface area contributed by atoms with E-state index in [1.807, 2.05) is 0 Å². The molecule has 0 aliphatic carbocycles. The van der Waals surface area contributed by atoms with Crippen molar-refractivity contribution in [3.05, 3.63) is 42.2 Å². The van der Waals surface area contributed by atoms with Crippen molar-refractivity contribution in [2.45, 2.75) is 6.36 Å². The molecule has 0 aliphatic heterocycles. The van der Waals surface area contributed by atoms with Gasteiger partial charge in [0, 0.05) is 0 Å². The third-order valence-corrected chi connectivity index (χ3v) is 1.62. The second-order valence-electron chi connectivity index (χ2n) is 2.76. The molecule has 0 bridgehead atoms. The molecular weight excluding hydrogens is 228 g/mol. The van der Waals surface area contributed by atoms with Crippen LogP contribution in [0.3, 0.4) is 0 Å². The lowest BCUT2D eigenvalue weighted by atomic mass is 10.1. The van der Waals surface area contributed by atoms with Crippen LogP contribution in [0.5, 0.6) is 5.75 Å². The van der Waals surface area contributed by atoms with E-state index in [1.165, 1.54) is 0 Å². The monoisotopic (exact) mass is 234 g/mol. The van der Waals surface area contributed by atoms with Gasteiger partial charge in [-0.1, -0.05) is 6.58 Å². The van der Waals surface area contributed by atoms with Crippen LogP contribution in [0, 0.1) is 5.82 Å². The van der Waals surface area contributed by atoms with E-state index in [0.29, 0.717) is 6.07 Å². The first-order chi connectivity index (χ1) is 7.33. The zero-order valence-corrected chi connectivity index (χ0v) is 7.84. The number of rotatable bonds is 3. The summed E-state index contributed by atoms with van der Waals surface area (Å²) in [5.74, 6) is -2.40. The van der Waals surface area contributed by atoms with Crippen LogP contribution in [0.15, 0.2) is 30.9 Å². The number of ketones is 1. The normalized spacial score (nSPS) is 11.0. The minimum Gasteiger partial charge on any atom is -0.406 e. The van der Waals surface area contributed by atoms with Crippen LogP contribution >= 0.6 is 0 Å². The van der Waals surface area contributed by atoms with Crippen LogP contribution in [0.2, 0.25) is 0 Å². The molecule has 0 N–H and O–H groups in total. The molecule has 0 aromatic heterocycles. The van der Waals surface area contributed by atoms with Gasteiger partial charge in [0.15, 0.2) is 5.78 Å². The van der Waals surface area contributed by atoms with Gasteiger partial charge in [0.25, 0.3) is 0 Å². The Balaban J connectivity index is 3.07. The summed E-state index contributed by atoms with van der Waals surface area (Å²) in [4.78, 5) is 11.1. The first-order valence-corrected chi connectivity index (χ1v) is 4.05. The zero-order chi connectivity index (χ0) is 12.3. The minimum absolute atomic E-state index is 0.517. The van der Waals surface area contributed by atoms with E-state index in [0.717, 1.165) is 18.2 Å². The summed E-state index contributed by atoms with van der Waals surface area (Å²) in [6.07, 6.45) is -4.08. The van der Waals surface area contributed by atoms with Gasteiger partial charge in [-0.15, -0.1) is 13.2 Å².